The van der Waals surface area contributed by atoms with Crippen molar-refractivity contribution >= 4 is 34.1 Å². The van der Waals surface area contributed by atoms with Crippen molar-refractivity contribution < 1.29 is 24.2 Å². The number of ether oxygens (including phenoxy) is 1. The van der Waals surface area contributed by atoms with E-state index in [2.05, 4.69) is 29.8 Å². The van der Waals surface area contributed by atoms with Crippen molar-refractivity contribution in [2.45, 2.75) is 39.7 Å². The lowest BCUT2D eigenvalue weighted by Gasteiger charge is -2.43. The zero-order valence-corrected chi connectivity index (χ0v) is 25.1. The highest BCUT2D eigenvalue weighted by Crippen LogP contribution is 2.49. The van der Waals surface area contributed by atoms with Crippen molar-refractivity contribution in [3.63, 3.8) is 0 Å². The number of likely N-dealkylation sites (N-methyl/N-ethyl adjacent to an activating group) is 1. The van der Waals surface area contributed by atoms with E-state index < -0.39 is 6.09 Å². The number of likely N-dealkylation sites (tertiary alicyclic amines) is 1. The van der Waals surface area contributed by atoms with E-state index in [4.69, 9.17) is 4.74 Å². The molecule has 1 aromatic carbocycles. The summed E-state index contributed by atoms with van der Waals surface area (Å²) >= 11 is 1.61. The molecule has 6 rings (SSSR count). The third-order valence-corrected chi connectivity index (χ3v) is 9.80. The van der Waals surface area contributed by atoms with E-state index in [9.17, 15) is 19.5 Å². The number of carbonyl (C=O) groups excluding carboxylic acids is 2. The number of anilines is 1. The van der Waals surface area contributed by atoms with Crippen molar-refractivity contribution in [2.75, 3.05) is 50.8 Å². The molecule has 4 heterocycles. The maximum absolute atomic E-state index is 13.5. The van der Waals surface area contributed by atoms with Gasteiger partial charge in [0.05, 0.1) is 34.8 Å². The number of amides is 2. The molecule has 2 aliphatic heterocycles. The van der Waals surface area contributed by atoms with Crippen LogP contribution in [0.4, 0.5) is 9.80 Å². The summed E-state index contributed by atoms with van der Waals surface area (Å²) in [5.41, 5.74) is 5.26. The first-order valence-electron chi connectivity index (χ1n) is 14.5. The molecule has 0 atom stereocenters. The number of nitrogens with zero attached hydrogens (tertiary/aromatic N) is 4. The van der Waals surface area contributed by atoms with E-state index in [0.717, 1.165) is 57.3 Å². The largest absolute Gasteiger partial charge is 0.465 e. The van der Waals surface area contributed by atoms with E-state index in [1.165, 1.54) is 4.90 Å². The molecule has 0 bridgehead atoms. The van der Waals surface area contributed by atoms with Gasteiger partial charge in [-0.3, -0.25) is 14.6 Å². The lowest BCUT2D eigenvalue weighted by molar-refractivity contribution is 0.0307. The minimum absolute atomic E-state index is 0.111. The number of thiophene rings is 1. The van der Waals surface area contributed by atoms with Crippen LogP contribution in [0.1, 0.15) is 52.8 Å². The topological polar surface area (TPSA) is 103 Å². The lowest BCUT2D eigenvalue weighted by Crippen LogP contribution is -2.62. The highest BCUT2D eigenvalue weighted by molar-refractivity contribution is 7.19. The van der Waals surface area contributed by atoms with Gasteiger partial charge in [-0.15, -0.1) is 11.3 Å². The van der Waals surface area contributed by atoms with Crippen LogP contribution in [0, 0.1) is 5.41 Å². The molecule has 2 amide bonds. The van der Waals surface area contributed by atoms with Gasteiger partial charge in [0.2, 0.25) is 0 Å². The number of Topliss-reactive ketones (excluding diaryl/α,β-unsaturated/α-hetero) is 1. The quantitative estimate of drug-likeness (QED) is 0.417. The van der Waals surface area contributed by atoms with E-state index in [-0.39, 0.29) is 23.1 Å². The Kier molecular flexibility index (Phi) is 7.53. The van der Waals surface area contributed by atoms with E-state index >= 15 is 0 Å². The van der Waals surface area contributed by atoms with E-state index in [1.54, 1.807) is 28.5 Å². The summed E-state index contributed by atoms with van der Waals surface area (Å²) in [5, 5.41) is 10.3. The standard InChI is InChI=1S/C32H36N4O5S/c1-4-36(23-18-35(19-23)31(39)40)29(38)22-7-5-6-20(14-22)25-15-21(8-9-33-25)27-24-16-32(2,3)17-26(37)28(24)42-30(27)34-10-12-41-13-11-34/h5-9,14-15,23H,4,10-13,16-19H2,1-3H3,(H,39,40). The van der Waals surface area contributed by atoms with Crippen molar-refractivity contribution in [3.8, 4) is 22.4 Å². The maximum atomic E-state index is 13.5. The summed E-state index contributed by atoms with van der Waals surface area (Å²) in [6, 6.07) is 11.4. The van der Waals surface area contributed by atoms with Crippen LogP contribution in [0.2, 0.25) is 0 Å². The molecule has 220 valence electrons. The Balaban J connectivity index is 1.35. The second-order valence-electron chi connectivity index (χ2n) is 12.1. The molecule has 0 saturated carbocycles. The first kappa shape index (κ1) is 28.4. The number of morpholine rings is 1. The Morgan fingerprint density at radius 1 is 1.12 bits per heavy atom. The SMILES string of the molecule is CCN(C(=O)c1cccc(-c2cc(-c3c(N4CCOCC4)sc4c3CC(C)(C)CC4=O)ccn2)c1)C1CN(C(=O)O)C1. The van der Waals surface area contributed by atoms with Crippen LogP contribution in [0.5, 0.6) is 0 Å². The highest BCUT2D eigenvalue weighted by atomic mass is 32.1. The van der Waals surface area contributed by atoms with Gasteiger partial charge < -0.3 is 24.5 Å². The molecular weight excluding hydrogens is 552 g/mol. The average Bonchev–Trinajstić information content (AvgIpc) is 3.33. The third kappa shape index (κ3) is 5.29. The number of carbonyl (C=O) groups is 3. The van der Waals surface area contributed by atoms with Crippen LogP contribution in [-0.2, 0) is 11.2 Å². The minimum atomic E-state index is -0.959. The molecule has 10 heteroatoms. The number of carboxylic acid groups (broad SMARTS) is 1. The predicted molar refractivity (Wildman–Crippen MR) is 163 cm³/mol. The Morgan fingerprint density at radius 2 is 1.88 bits per heavy atom. The number of ketones is 1. The summed E-state index contributed by atoms with van der Waals surface area (Å²) in [6.45, 7) is 10.3. The normalized spacial score (nSPS) is 18.4. The zero-order valence-electron chi connectivity index (χ0n) is 24.3. The number of hydrogen-bond acceptors (Lipinski definition) is 7. The molecule has 9 nitrogen and oxygen atoms in total. The number of hydrogen-bond donors (Lipinski definition) is 1. The van der Waals surface area contributed by atoms with Gasteiger partial charge in [-0.25, -0.2) is 4.79 Å². The van der Waals surface area contributed by atoms with Gasteiger partial charge in [-0.05, 0) is 54.2 Å². The molecular formula is C32H36N4O5S. The first-order valence-corrected chi connectivity index (χ1v) is 15.3. The van der Waals surface area contributed by atoms with Crippen molar-refractivity contribution in [1.29, 1.82) is 0 Å². The van der Waals surface area contributed by atoms with Gasteiger partial charge in [0, 0.05) is 62.0 Å². The molecule has 2 aromatic heterocycles. The molecule has 2 fully saturated rings. The van der Waals surface area contributed by atoms with Gasteiger partial charge in [0.1, 0.15) is 0 Å². The number of rotatable bonds is 6. The second-order valence-corrected chi connectivity index (χ2v) is 13.1. The van der Waals surface area contributed by atoms with Crippen molar-refractivity contribution in [1.82, 2.24) is 14.8 Å². The van der Waals surface area contributed by atoms with Crippen LogP contribution in [0.15, 0.2) is 42.6 Å². The molecule has 1 N–H and O–H groups in total. The summed E-state index contributed by atoms with van der Waals surface area (Å²) in [6.07, 6.45) is 2.22. The molecule has 2 saturated heterocycles. The second kappa shape index (κ2) is 11.1. The summed E-state index contributed by atoms with van der Waals surface area (Å²) in [4.78, 5) is 48.9. The fourth-order valence-electron chi connectivity index (χ4n) is 6.29. The predicted octanol–water partition coefficient (Wildman–Crippen LogP) is 5.29. The maximum Gasteiger partial charge on any atom is 0.407 e. The van der Waals surface area contributed by atoms with Gasteiger partial charge in [0.15, 0.2) is 5.78 Å². The molecule has 0 unspecified atom stereocenters. The molecule has 0 spiro atoms. The Bertz CT molecular complexity index is 1540. The summed E-state index contributed by atoms with van der Waals surface area (Å²) < 4.78 is 5.62. The van der Waals surface area contributed by atoms with Gasteiger partial charge in [0.25, 0.3) is 5.91 Å². The first-order chi connectivity index (χ1) is 20.1. The monoisotopic (exact) mass is 588 g/mol. The van der Waals surface area contributed by atoms with E-state index in [1.807, 2.05) is 31.2 Å². The Morgan fingerprint density at radius 3 is 2.60 bits per heavy atom. The van der Waals surface area contributed by atoms with Gasteiger partial charge in [-0.1, -0.05) is 26.0 Å². The van der Waals surface area contributed by atoms with Gasteiger partial charge >= 0.3 is 6.09 Å². The molecule has 0 radical (unpaired) electrons. The van der Waals surface area contributed by atoms with Crippen LogP contribution in [0.25, 0.3) is 22.4 Å². The number of fused-ring (bicyclic) bond motifs is 1. The molecule has 1 aliphatic carbocycles. The fourth-order valence-corrected chi connectivity index (χ4v) is 7.62. The van der Waals surface area contributed by atoms with Crippen molar-refractivity contribution in [3.05, 3.63) is 58.6 Å². The Labute approximate surface area is 249 Å². The van der Waals surface area contributed by atoms with Crippen molar-refractivity contribution in [2.24, 2.45) is 5.41 Å². The van der Waals surface area contributed by atoms with Crippen LogP contribution >= 0.6 is 11.3 Å². The number of benzene rings is 1. The molecule has 42 heavy (non-hydrogen) atoms. The van der Waals surface area contributed by atoms with Gasteiger partial charge in [-0.2, -0.15) is 0 Å². The van der Waals surface area contributed by atoms with Crippen LogP contribution in [-0.4, -0.2) is 89.7 Å². The summed E-state index contributed by atoms with van der Waals surface area (Å²) in [5.74, 6) is 0.0960. The number of aromatic nitrogens is 1. The number of pyridine rings is 1. The van der Waals surface area contributed by atoms with Crippen LogP contribution < -0.4 is 4.90 Å². The highest BCUT2D eigenvalue weighted by Gasteiger charge is 2.38. The average molecular weight is 589 g/mol. The zero-order chi connectivity index (χ0) is 29.6. The van der Waals surface area contributed by atoms with E-state index in [0.29, 0.717) is 44.8 Å². The minimum Gasteiger partial charge on any atom is -0.465 e. The fraction of sp³-hybridized carbons (Fsp3) is 0.438. The van der Waals surface area contributed by atoms with Crippen LogP contribution in [0.3, 0.4) is 0 Å². The summed E-state index contributed by atoms with van der Waals surface area (Å²) in [7, 11) is 0. The molecule has 3 aromatic rings. The lowest BCUT2D eigenvalue weighted by atomic mass is 9.75. The molecule has 3 aliphatic rings. The Hall–Kier alpha value is -3.76. The smallest absolute Gasteiger partial charge is 0.407 e. The third-order valence-electron chi connectivity index (χ3n) is 8.46.